The fourth-order valence-electron chi connectivity index (χ4n) is 0.134. The molecule has 48 valence electrons. The second-order valence-electron chi connectivity index (χ2n) is 2.55. The molecule has 0 aromatic rings. The van der Waals surface area contributed by atoms with E-state index in [0.29, 0.717) is 4.86 Å². The molecule has 0 atom stereocenters. The average molecular weight is 119 g/mol. The van der Waals surface area contributed by atoms with E-state index < -0.39 is 5.54 Å². The summed E-state index contributed by atoms with van der Waals surface area (Å²) in [6.45, 7) is 5.14. The Morgan fingerprint density at radius 2 is 1.75 bits per heavy atom. The lowest BCUT2D eigenvalue weighted by Crippen LogP contribution is -2.28. The predicted octanol–water partition coefficient (Wildman–Crippen LogP) is 1.03. The van der Waals surface area contributed by atoms with E-state index in [-0.39, 0.29) is 0 Å². The van der Waals surface area contributed by atoms with Crippen LogP contribution in [0.1, 0.15) is 20.8 Å². The topological polar surface area (TPSA) is 55.8 Å². The van der Waals surface area contributed by atoms with Gasteiger partial charge in [0.1, 0.15) is 4.86 Å². The Morgan fingerprint density at radius 1 is 1.38 bits per heavy atom. The van der Waals surface area contributed by atoms with Crippen LogP contribution in [0.2, 0.25) is 0 Å². The minimum atomic E-state index is -0.519. The van der Waals surface area contributed by atoms with Crippen LogP contribution in [0.4, 0.5) is 0 Å². The average Bonchev–Trinajstić information content (AvgIpc) is 1.62. The van der Waals surface area contributed by atoms with Crippen LogP contribution in [0.5, 0.6) is 0 Å². The van der Waals surface area contributed by atoms with Crippen LogP contribution in [0.3, 0.4) is 0 Å². The van der Waals surface area contributed by atoms with Gasteiger partial charge in [-0.1, -0.05) is 0 Å². The maximum Gasteiger partial charge on any atom is 0.237 e. The Bertz CT molecular complexity index is 103. The summed E-state index contributed by atoms with van der Waals surface area (Å²) in [5, 5.41) is 19.1. The van der Waals surface area contributed by atoms with Crippen molar-refractivity contribution in [2.45, 2.75) is 26.3 Å². The van der Waals surface area contributed by atoms with E-state index in [0.717, 1.165) is 0 Å². The molecule has 4 nitrogen and oxygen atoms in total. The molecular weight excluding hydrogens is 108 g/mol. The van der Waals surface area contributed by atoms with Crippen LogP contribution >= 0.6 is 0 Å². The van der Waals surface area contributed by atoms with Crippen LogP contribution in [0.25, 0.3) is 0 Å². The Labute approximate surface area is 48.0 Å². The normalized spacial score (nSPS) is 14.1. The van der Waals surface area contributed by atoms with Gasteiger partial charge < -0.3 is 5.21 Å². The lowest BCUT2D eigenvalue weighted by Gasteiger charge is -2.02. The van der Waals surface area contributed by atoms with Gasteiger partial charge in [0, 0.05) is 20.8 Å². The molecule has 4 heteroatoms. The molecule has 0 bridgehead atoms. The zero-order valence-corrected chi connectivity index (χ0v) is 5.29. The molecule has 0 aliphatic heterocycles. The van der Waals surface area contributed by atoms with Crippen molar-refractivity contribution in [1.82, 2.24) is 0 Å². The molecule has 0 aliphatic carbocycles. The van der Waals surface area contributed by atoms with Gasteiger partial charge in [-0.3, -0.25) is 5.21 Å². The molecule has 0 saturated carbocycles. The highest BCUT2D eigenvalue weighted by atomic mass is 16.6. The molecule has 0 fully saturated rings. The van der Waals surface area contributed by atoms with Crippen LogP contribution in [-0.2, 0) is 0 Å². The second kappa shape index (κ2) is 1.98. The third-order valence-electron chi connectivity index (χ3n) is 0.685. The molecule has 0 radical (unpaired) electrons. The van der Waals surface area contributed by atoms with Gasteiger partial charge in [-0.05, 0) is 0 Å². The molecule has 0 rings (SSSR count). The minimum Gasteiger partial charge on any atom is -0.359 e. The second-order valence-corrected chi connectivity index (χ2v) is 2.55. The standard InChI is InChI=1S/C4H10N2O2/c1-4(2,3)6(8)5-7/h8H,1-3H3/p+1. The summed E-state index contributed by atoms with van der Waals surface area (Å²) < 4.78 is 0. The van der Waals surface area contributed by atoms with Crippen LogP contribution < -0.4 is 0 Å². The molecule has 0 spiro atoms. The van der Waals surface area contributed by atoms with Crippen LogP contribution in [-0.4, -0.2) is 20.8 Å². The highest BCUT2D eigenvalue weighted by Gasteiger charge is 2.27. The van der Waals surface area contributed by atoms with Gasteiger partial charge in [0.15, 0.2) is 0 Å². The molecule has 0 unspecified atom stereocenters. The number of rotatable bonds is 0. The molecule has 0 aromatic carbocycles. The maximum atomic E-state index is 8.61. The van der Waals surface area contributed by atoms with E-state index in [1.807, 2.05) is 0 Å². The fourth-order valence-corrected chi connectivity index (χ4v) is 0.134. The first-order chi connectivity index (χ1) is 3.48. The number of nitrogens with zero attached hydrogens (tertiary/aromatic N) is 2. The molecule has 8 heavy (non-hydrogen) atoms. The van der Waals surface area contributed by atoms with Gasteiger partial charge in [0.25, 0.3) is 0 Å². The van der Waals surface area contributed by atoms with E-state index in [4.69, 9.17) is 10.4 Å². The summed E-state index contributed by atoms with van der Waals surface area (Å²) in [4.78, 5) is 0.493. The Hall–Kier alpha value is -0.800. The maximum absolute atomic E-state index is 8.61. The lowest BCUT2D eigenvalue weighted by molar-refractivity contribution is -0.878. The van der Waals surface area contributed by atoms with E-state index in [1.165, 1.54) is 0 Å². The molecule has 2 N–H and O–H groups in total. The lowest BCUT2D eigenvalue weighted by atomic mass is 10.1. The van der Waals surface area contributed by atoms with Crippen molar-refractivity contribution >= 4 is 0 Å². The first-order valence-electron chi connectivity index (χ1n) is 2.32. The van der Waals surface area contributed by atoms with Crippen molar-refractivity contribution in [1.29, 1.82) is 0 Å². The van der Waals surface area contributed by atoms with E-state index in [2.05, 4.69) is 5.28 Å². The predicted molar refractivity (Wildman–Crippen MR) is 26.0 cm³/mol. The van der Waals surface area contributed by atoms with Gasteiger partial charge >= 0.3 is 0 Å². The van der Waals surface area contributed by atoms with Crippen molar-refractivity contribution < 1.29 is 15.3 Å². The third kappa shape index (κ3) is 1.77. The fraction of sp³-hybridized carbons (Fsp3) is 1.00. The van der Waals surface area contributed by atoms with E-state index in [1.54, 1.807) is 20.8 Å². The molecule has 0 amide bonds. The summed E-state index contributed by atoms with van der Waals surface area (Å²) >= 11 is 0. The van der Waals surface area contributed by atoms with Crippen molar-refractivity contribution in [2.24, 2.45) is 5.28 Å². The third-order valence-corrected chi connectivity index (χ3v) is 0.685. The highest BCUT2D eigenvalue weighted by molar-refractivity contribution is 4.50. The quantitative estimate of drug-likeness (QED) is 0.284. The van der Waals surface area contributed by atoms with Crippen molar-refractivity contribution in [3.05, 3.63) is 0 Å². The van der Waals surface area contributed by atoms with Gasteiger partial charge in [-0.2, -0.15) is 0 Å². The first-order valence-corrected chi connectivity index (χ1v) is 2.32. The minimum absolute atomic E-state index is 0.493. The van der Waals surface area contributed by atoms with Crippen molar-refractivity contribution in [2.75, 3.05) is 0 Å². The zero-order chi connectivity index (χ0) is 6.78. The number of hydrogen-bond donors (Lipinski definition) is 2. The van der Waals surface area contributed by atoms with E-state index >= 15 is 0 Å². The van der Waals surface area contributed by atoms with Crippen LogP contribution in [0.15, 0.2) is 5.28 Å². The Morgan fingerprint density at radius 3 is 1.75 bits per heavy atom. The molecule has 0 aromatic heterocycles. The largest absolute Gasteiger partial charge is 0.359 e. The van der Waals surface area contributed by atoms with Crippen molar-refractivity contribution in [3.8, 4) is 0 Å². The number of hydrogen-bond acceptors (Lipinski definition) is 1. The Balaban J connectivity index is 4.03. The monoisotopic (exact) mass is 119 g/mol. The zero-order valence-electron chi connectivity index (χ0n) is 5.29. The molecule has 0 heterocycles. The summed E-state index contributed by atoms with van der Waals surface area (Å²) in [7, 11) is 0. The van der Waals surface area contributed by atoms with E-state index in [9.17, 15) is 0 Å². The smallest absolute Gasteiger partial charge is 0.237 e. The van der Waals surface area contributed by atoms with Gasteiger partial charge in [0.2, 0.25) is 10.8 Å². The molecule has 0 saturated heterocycles. The SMILES string of the molecule is CC(C)(C)[N+](O)=NO. The van der Waals surface area contributed by atoms with Crippen molar-refractivity contribution in [3.63, 3.8) is 0 Å². The van der Waals surface area contributed by atoms with Crippen LogP contribution in [0, 0.1) is 0 Å². The van der Waals surface area contributed by atoms with Gasteiger partial charge in [0.05, 0.1) is 0 Å². The molecular formula is C4H11N2O2+. The highest BCUT2D eigenvalue weighted by Crippen LogP contribution is 2.03. The summed E-state index contributed by atoms with van der Waals surface area (Å²) in [6.07, 6.45) is 0. The summed E-state index contributed by atoms with van der Waals surface area (Å²) in [5.41, 5.74) is -0.519. The van der Waals surface area contributed by atoms with Gasteiger partial charge in [-0.25, -0.2) is 0 Å². The molecule has 0 aliphatic rings. The van der Waals surface area contributed by atoms with Gasteiger partial charge in [-0.15, -0.1) is 0 Å². The summed E-state index contributed by atoms with van der Waals surface area (Å²) in [6, 6.07) is 0. The number of hydroxylamine groups is 1. The Kier molecular flexibility index (Phi) is 1.78. The summed E-state index contributed by atoms with van der Waals surface area (Å²) in [5.74, 6) is 0. The first kappa shape index (κ1) is 7.20.